The van der Waals surface area contributed by atoms with Crippen LogP contribution in [0.5, 0.6) is 0 Å². The molecule has 0 bridgehead atoms. The molecule has 4 atom stereocenters. The number of imidazole rings is 1. The van der Waals surface area contributed by atoms with E-state index in [9.17, 15) is 14.4 Å². The van der Waals surface area contributed by atoms with E-state index in [0.717, 1.165) is 0 Å². The van der Waals surface area contributed by atoms with Crippen molar-refractivity contribution >= 4 is 34.9 Å². The molecule has 0 radical (unpaired) electrons. The number of nitrogen functional groups attached to an aromatic ring is 1. The molecule has 0 spiro atoms. The van der Waals surface area contributed by atoms with Crippen LogP contribution >= 0.6 is 0 Å². The van der Waals surface area contributed by atoms with Crippen molar-refractivity contribution in [3.63, 3.8) is 0 Å². The highest BCUT2D eigenvalue weighted by Gasteiger charge is 2.51. The normalized spacial score (nSPS) is 24.1. The molecule has 0 unspecified atom stereocenters. The lowest BCUT2D eigenvalue weighted by Gasteiger charge is -2.23. The van der Waals surface area contributed by atoms with Crippen molar-refractivity contribution in [3.05, 3.63) is 12.7 Å². The van der Waals surface area contributed by atoms with E-state index < -0.39 is 42.4 Å². The summed E-state index contributed by atoms with van der Waals surface area (Å²) < 4.78 is 23.1. The Balaban J connectivity index is 2.01. The number of hydrogen-bond acceptors (Lipinski definition) is 11. The first-order valence-electron chi connectivity index (χ1n) is 8.34. The number of carbonyl (C=O) groups is 3. The third kappa shape index (κ3) is 3.86. The van der Waals surface area contributed by atoms with Gasteiger partial charge < -0.3 is 24.7 Å². The summed E-state index contributed by atoms with van der Waals surface area (Å²) >= 11 is 0. The zero-order valence-electron chi connectivity index (χ0n) is 15.4. The van der Waals surface area contributed by atoms with E-state index in [4.69, 9.17) is 24.7 Å². The van der Waals surface area contributed by atoms with Crippen LogP contribution in [-0.4, -0.2) is 62.3 Å². The molecule has 150 valence electrons. The molecule has 0 amide bonds. The molecule has 2 N–H and O–H groups in total. The van der Waals surface area contributed by atoms with Gasteiger partial charge in [0.05, 0.1) is 6.33 Å². The van der Waals surface area contributed by atoms with Crippen molar-refractivity contribution in [3.8, 4) is 0 Å². The summed E-state index contributed by atoms with van der Waals surface area (Å²) in [6.45, 7) is 3.46. The minimum Gasteiger partial charge on any atom is -0.463 e. The highest BCUT2D eigenvalue weighted by atomic mass is 16.7. The Bertz CT molecular complexity index is 914. The average Bonchev–Trinajstić information content (AvgIpc) is 3.16. The smallest absolute Gasteiger partial charge is 0.303 e. The fraction of sp³-hybridized carbons (Fsp3) is 0.500. The van der Waals surface area contributed by atoms with Crippen LogP contribution in [0.2, 0.25) is 0 Å². The van der Waals surface area contributed by atoms with Crippen molar-refractivity contribution in [2.24, 2.45) is 0 Å². The first-order chi connectivity index (χ1) is 13.3. The second-order valence-electron chi connectivity index (χ2n) is 6.10. The van der Waals surface area contributed by atoms with E-state index in [1.807, 2.05) is 0 Å². The van der Waals surface area contributed by atoms with Gasteiger partial charge in [0.1, 0.15) is 24.6 Å². The molecule has 0 saturated carbocycles. The highest BCUT2D eigenvalue weighted by molar-refractivity contribution is 5.81. The van der Waals surface area contributed by atoms with Gasteiger partial charge in [-0.3, -0.25) is 19.0 Å². The largest absolute Gasteiger partial charge is 0.463 e. The molecule has 1 aliphatic heterocycles. The van der Waals surface area contributed by atoms with Gasteiger partial charge in [0, 0.05) is 20.8 Å². The van der Waals surface area contributed by atoms with E-state index in [2.05, 4.69) is 15.0 Å². The molecule has 3 heterocycles. The van der Waals surface area contributed by atoms with Crippen LogP contribution in [0.1, 0.15) is 27.0 Å². The van der Waals surface area contributed by atoms with E-state index >= 15 is 0 Å². The van der Waals surface area contributed by atoms with Crippen LogP contribution in [0, 0.1) is 0 Å². The number of fused-ring (bicyclic) bond motifs is 1. The summed E-state index contributed by atoms with van der Waals surface area (Å²) in [5.74, 6) is -1.59. The van der Waals surface area contributed by atoms with Crippen molar-refractivity contribution in [2.75, 3.05) is 12.3 Å². The number of esters is 3. The van der Waals surface area contributed by atoms with Gasteiger partial charge in [0.25, 0.3) is 0 Å². The molecular weight excluding hydrogens is 374 g/mol. The molecule has 28 heavy (non-hydrogen) atoms. The molecule has 1 aliphatic rings. The van der Waals surface area contributed by atoms with E-state index in [1.165, 1.54) is 38.0 Å². The van der Waals surface area contributed by atoms with Gasteiger partial charge in [-0.05, 0) is 0 Å². The molecule has 3 rings (SSSR count). The monoisotopic (exact) mass is 393 g/mol. The number of carbonyl (C=O) groups excluding carboxylic acids is 3. The van der Waals surface area contributed by atoms with Gasteiger partial charge in [-0.15, -0.1) is 0 Å². The number of rotatable bonds is 5. The lowest BCUT2D eigenvalue weighted by molar-refractivity contribution is -0.166. The molecule has 2 aromatic heterocycles. The lowest BCUT2D eigenvalue weighted by Crippen LogP contribution is -2.40. The SMILES string of the molecule is CC(=O)OC[C@@H]1O[C@H](n2cnc3c(N)ncnc32)[C@H](OC(C)=O)[C@H]1OC(C)=O. The first-order valence-corrected chi connectivity index (χ1v) is 8.34. The molecule has 1 saturated heterocycles. The highest BCUT2D eigenvalue weighted by Crippen LogP contribution is 2.36. The maximum atomic E-state index is 11.7. The number of ether oxygens (including phenoxy) is 4. The fourth-order valence-corrected chi connectivity index (χ4v) is 2.97. The maximum absolute atomic E-state index is 11.7. The fourth-order valence-electron chi connectivity index (χ4n) is 2.97. The molecule has 1 fully saturated rings. The molecule has 0 aromatic carbocycles. The quantitative estimate of drug-likeness (QED) is 0.526. The van der Waals surface area contributed by atoms with Crippen molar-refractivity contribution in [1.29, 1.82) is 0 Å². The van der Waals surface area contributed by atoms with Crippen LogP contribution in [0.15, 0.2) is 12.7 Å². The Morgan fingerprint density at radius 1 is 1.07 bits per heavy atom. The number of hydrogen-bond donors (Lipinski definition) is 1. The Morgan fingerprint density at radius 2 is 1.75 bits per heavy atom. The number of nitrogens with two attached hydrogens (primary N) is 1. The Kier molecular flexibility index (Phi) is 5.40. The second-order valence-corrected chi connectivity index (χ2v) is 6.10. The van der Waals surface area contributed by atoms with Gasteiger partial charge in [0.15, 0.2) is 29.9 Å². The average molecular weight is 393 g/mol. The third-order valence-electron chi connectivity index (χ3n) is 4.00. The minimum absolute atomic E-state index is 0.166. The van der Waals surface area contributed by atoms with Crippen LogP contribution in [-0.2, 0) is 33.3 Å². The third-order valence-corrected chi connectivity index (χ3v) is 4.00. The van der Waals surface area contributed by atoms with Gasteiger partial charge in [-0.25, -0.2) is 15.0 Å². The topological polar surface area (TPSA) is 158 Å². The second kappa shape index (κ2) is 7.76. The summed E-state index contributed by atoms with van der Waals surface area (Å²) in [7, 11) is 0. The minimum atomic E-state index is -1.03. The first kappa shape index (κ1) is 19.5. The van der Waals surface area contributed by atoms with Crippen LogP contribution in [0.25, 0.3) is 11.2 Å². The Morgan fingerprint density at radius 3 is 2.39 bits per heavy atom. The zero-order chi connectivity index (χ0) is 20.4. The summed E-state index contributed by atoms with van der Waals surface area (Å²) in [4.78, 5) is 46.6. The van der Waals surface area contributed by atoms with Crippen LogP contribution in [0.4, 0.5) is 5.82 Å². The molecule has 12 heteroatoms. The number of anilines is 1. The summed E-state index contributed by atoms with van der Waals surface area (Å²) in [6.07, 6.45) is -1.22. The Hall–Kier alpha value is -3.28. The summed E-state index contributed by atoms with van der Waals surface area (Å²) in [5.41, 5.74) is 6.48. The predicted octanol–water partition coefficient (Wildman–Crippen LogP) is -0.268. The Labute approximate surface area is 158 Å². The van der Waals surface area contributed by atoms with Crippen LogP contribution in [0.3, 0.4) is 0 Å². The number of nitrogens with zero attached hydrogens (tertiary/aromatic N) is 4. The molecule has 0 aliphatic carbocycles. The summed E-state index contributed by atoms with van der Waals surface area (Å²) in [6, 6.07) is 0. The maximum Gasteiger partial charge on any atom is 0.303 e. The van der Waals surface area contributed by atoms with Gasteiger partial charge in [-0.1, -0.05) is 0 Å². The standard InChI is InChI=1S/C16H19N5O7/c1-7(22)25-4-10-12(26-8(2)23)13(27-9(3)24)16(28-10)21-6-20-11-14(17)18-5-19-15(11)21/h5-6,10,12-13,16H,4H2,1-3H3,(H2,17,18,19)/t10-,12-,13+,16-/m0/s1. The van der Waals surface area contributed by atoms with Crippen molar-refractivity contribution < 1.29 is 33.3 Å². The molecule has 12 nitrogen and oxygen atoms in total. The summed E-state index contributed by atoms with van der Waals surface area (Å²) in [5, 5.41) is 0. The van der Waals surface area contributed by atoms with Gasteiger partial charge >= 0.3 is 17.9 Å². The van der Waals surface area contributed by atoms with Gasteiger partial charge in [0.2, 0.25) is 0 Å². The van der Waals surface area contributed by atoms with Gasteiger partial charge in [-0.2, -0.15) is 0 Å². The number of aromatic nitrogens is 4. The van der Waals surface area contributed by atoms with Crippen LogP contribution < -0.4 is 5.73 Å². The molecule has 2 aromatic rings. The van der Waals surface area contributed by atoms with E-state index in [1.54, 1.807) is 0 Å². The molecular formula is C16H19N5O7. The van der Waals surface area contributed by atoms with Crippen molar-refractivity contribution in [2.45, 2.75) is 45.3 Å². The predicted molar refractivity (Wildman–Crippen MR) is 91.4 cm³/mol. The zero-order valence-corrected chi connectivity index (χ0v) is 15.4. The van der Waals surface area contributed by atoms with E-state index in [0.29, 0.717) is 11.2 Å². The van der Waals surface area contributed by atoms with Crippen molar-refractivity contribution in [1.82, 2.24) is 19.5 Å². The lowest BCUT2D eigenvalue weighted by atomic mass is 10.1. The van der Waals surface area contributed by atoms with E-state index in [-0.39, 0.29) is 12.4 Å².